The van der Waals surface area contributed by atoms with Crippen LogP contribution in [0.3, 0.4) is 0 Å². The van der Waals surface area contributed by atoms with E-state index < -0.39 is 0 Å². The van der Waals surface area contributed by atoms with Gasteiger partial charge in [0, 0.05) is 30.4 Å². The number of hydrogen-bond donors (Lipinski definition) is 2. The third-order valence-electron chi connectivity index (χ3n) is 3.85. The molecule has 0 unspecified atom stereocenters. The lowest BCUT2D eigenvalue weighted by Gasteiger charge is -2.20. The number of nitrogens with zero attached hydrogens (tertiary/aromatic N) is 3. The molecule has 1 aliphatic carbocycles. The van der Waals surface area contributed by atoms with Crippen LogP contribution in [0.25, 0.3) is 0 Å². The van der Waals surface area contributed by atoms with Crippen molar-refractivity contribution >= 4 is 35.8 Å². The van der Waals surface area contributed by atoms with Crippen LogP contribution in [-0.4, -0.2) is 30.1 Å². The van der Waals surface area contributed by atoms with Crippen molar-refractivity contribution < 1.29 is 0 Å². The van der Waals surface area contributed by atoms with Crippen LogP contribution < -0.4 is 16.0 Å². The van der Waals surface area contributed by atoms with Gasteiger partial charge in [0.05, 0.1) is 6.54 Å². The first-order valence-corrected chi connectivity index (χ1v) is 7.50. The quantitative estimate of drug-likeness (QED) is 0.461. The van der Waals surface area contributed by atoms with Crippen LogP contribution in [0.4, 0.5) is 5.82 Å². The van der Waals surface area contributed by atoms with Gasteiger partial charge in [-0.3, -0.25) is 0 Å². The van der Waals surface area contributed by atoms with Gasteiger partial charge in [-0.1, -0.05) is 6.07 Å². The molecule has 3 rings (SSSR count). The van der Waals surface area contributed by atoms with Gasteiger partial charge in [-0.05, 0) is 38.7 Å². The van der Waals surface area contributed by atoms with Gasteiger partial charge < -0.3 is 16.0 Å². The summed E-state index contributed by atoms with van der Waals surface area (Å²) in [5, 5.41) is 3.22. The van der Waals surface area contributed by atoms with Crippen molar-refractivity contribution in [3.8, 4) is 0 Å². The van der Waals surface area contributed by atoms with Gasteiger partial charge in [0.2, 0.25) is 0 Å². The van der Waals surface area contributed by atoms with Crippen LogP contribution in [0.1, 0.15) is 36.9 Å². The molecule has 0 bridgehead atoms. The van der Waals surface area contributed by atoms with E-state index in [0.29, 0.717) is 18.5 Å². The first-order valence-electron chi connectivity index (χ1n) is 7.50. The maximum absolute atomic E-state index is 5.90. The Labute approximate surface area is 143 Å². The molecule has 0 spiro atoms. The van der Waals surface area contributed by atoms with E-state index in [2.05, 4.69) is 27.3 Å². The van der Waals surface area contributed by atoms with E-state index in [0.717, 1.165) is 30.2 Å². The Hall–Kier alpha value is -1.05. The number of aliphatic imine (C=N–C) groups is 1. The molecule has 1 aromatic rings. The van der Waals surface area contributed by atoms with E-state index >= 15 is 0 Å². The Kier molecular flexibility index (Phi) is 5.66. The molecule has 1 saturated heterocycles. The molecule has 0 radical (unpaired) electrons. The largest absolute Gasteiger partial charge is 0.370 e. The topological polar surface area (TPSA) is 66.5 Å². The van der Waals surface area contributed by atoms with Crippen LogP contribution in [0.5, 0.6) is 0 Å². The molecule has 2 aliphatic rings. The zero-order chi connectivity index (χ0) is 13.9. The predicted octanol–water partition coefficient (Wildman–Crippen LogP) is 2.17. The minimum atomic E-state index is 0. The summed E-state index contributed by atoms with van der Waals surface area (Å²) < 4.78 is 0. The molecule has 21 heavy (non-hydrogen) atoms. The van der Waals surface area contributed by atoms with Crippen molar-refractivity contribution in [2.75, 3.05) is 18.0 Å². The normalized spacial score (nSPS) is 18.5. The zero-order valence-electron chi connectivity index (χ0n) is 12.5. The third-order valence-corrected chi connectivity index (χ3v) is 3.85. The van der Waals surface area contributed by atoms with Crippen molar-refractivity contribution in [2.24, 2.45) is 10.7 Å². The maximum Gasteiger partial charge on any atom is 0.189 e. The van der Waals surface area contributed by atoms with Gasteiger partial charge in [0.1, 0.15) is 5.82 Å². The maximum atomic E-state index is 5.90. The summed E-state index contributed by atoms with van der Waals surface area (Å²) in [6.45, 7) is 4.84. The summed E-state index contributed by atoms with van der Waals surface area (Å²) in [4.78, 5) is 11.5. The monoisotopic (exact) mass is 401 g/mol. The summed E-state index contributed by atoms with van der Waals surface area (Å²) in [7, 11) is 0. The lowest BCUT2D eigenvalue weighted by atomic mass is 10.2. The molecule has 116 valence electrons. The van der Waals surface area contributed by atoms with Crippen LogP contribution >= 0.6 is 24.0 Å². The first-order chi connectivity index (χ1) is 9.72. The highest BCUT2D eigenvalue weighted by Gasteiger charge is 2.21. The lowest BCUT2D eigenvalue weighted by Crippen LogP contribution is -2.33. The van der Waals surface area contributed by atoms with Gasteiger partial charge in [-0.2, -0.15) is 0 Å². The van der Waals surface area contributed by atoms with E-state index in [1.165, 1.54) is 25.7 Å². The van der Waals surface area contributed by atoms with Crippen LogP contribution in [0.15, 0.2) is 17.1 Å². The predicted molar refractivity (Wildman–Crippen MR) is 97.3 cm³/mol. The smallest absolute Gasteiger partial charge is 0.189 e. The van der Waals surface area contributed by atoms with Crippen molar-refractivity contribution in [1.29, 1.82) is 0 Å². The molecule has 1 aliphatic heterocycles. The number of aromatic nitrogens is 1. The second-order valence-corrected chi connectivity index (χ2v) is 5.75. The fraction of sp³-hybridized carbons (Fsp3) is 0.600. The van der Waals surface area contributed by atoms with Gasteiger partial charge in [0.25, 0.3) is 0 Å². The molecule has 6 heteroatoms. The summed E-state index contributed by atoms with van der Waals surface area (Å²) in [6, 6.07) is 4.73. The second-order valence-electron chi connectivity index (χ2n) is 5.75. The highest BCUT2D eigenvalue weighted by atomic mass is 127. The number of hydrogen-bond acceptors (Lipinski definition) is 3. The van der Waals surface area contributed by atoms with Crippen LogP contribution in [-0.2, 0) is 6.54 Å². The number of anilines is 1. The number of guanidine groups is 1. The van der Waals surface area contributed by atoms with Crippen molar-refractivity contribution in [3.05, 3.63) is 23.4 Å². The number of nitrogens with two attached hydrogens (primary N) is 1. The standard InChI is InChI=1S/C15H23N5.HI/c1-11-4-5-12(10-17-15(16)19-13-6-7-13)14(18-11)20-8-2-3-9-20;/h4-5,13H,2-3,6-10H2,1H3,(H3,16,17,19);1H. The number of aryl methyl sites for hydroxylation is 1. The Balaban J connectivity index is 0.00000161. The van der Waals surface area contributed by atoms with Crippen LogP contribution in [0.2, 0.25) is 0 Å². The first kappa shape index (κ1) is 16.3. The average molecular weight is 401 g/mol. The molecule has 2 fully saturated rings. The molecule has 0 atom stereocenters. The van der Waals surface area contributed by atoms with Crippen molar-refractivity contribution in [2.45, 2.75) is 45.2 Å². The summed E-state index contributed by atoms with van der Waals surface area (Å²) in [5.41, 5.74) is 8.12. The highest BCUT2D eigenvalue weighted by Crippen LogP contribution is 2.23. The Morgan fingerprint density at radius 1 is 1.38 bits per heavy atom. The Morgan fingerprint density at radius 3 is 2.76 bits per heavy atom. The van der Waals surface area contributed by atoms with E-state index in [-0.39, 0.29) is 24.0 Å². The SMILES string of the molecule is Cc1ccc(CN=C(N)NC2CC2)c(N2CCCC2)n1.I. The summed E-state index contributed by atoms with van der Waals surface area (Å²) in [6.07, 6.45) is 4.93. The minimum Gasteiger partial charge on any atom is -0.370 e. The average Bonchev–Trinajstić information content (AvgIpc) is 3.07. The summed E-state index contributed by atoms with van der Waals surface area (Å²) >= 11 is 0. The molecule has 0 aromatic carbocycles. The number of halogens is 1. The fourth-order valence-corrected chi connectivity index (χ4v) is 2.55. The fourth-order valence-electron chi connectivity index (χ4n) is 2.55. The Bertz CT molecular complexity index is 507. The number of pyridine rings is 1. The molecule has 5 nitrogen and oxygen atoms in total. The highest BCUT2D eigenvalue weighted by molar-refractivity contribution is 14.0. The van der Waals surface area contributed by atoms with Crippen molar-refractivity contribution in [3.63, 3.8) is 0 Å². The van der Waals surface area contributed by atoms with E-state index in [9.17, 15) is 0 Å². The molecule has 1 aromatic heterocycles. The van der Waals surface area contributed by atoms with Crippen molar-refractivity contribution in [1.82, 2.24) is 10.3 Å². The van der Waals surface area contributed by atoms with Gasteiger partial charge in [0.15, 0.2) is 5.96 Å². The van der Waals surface area contributed by atoms with Gasteiger partial charge in [-0.25, -0.2) is 9.98 Å². The number of rotatable bonds is 4. The van der Waals surface area contributed by atoms with E-state index in [1.54, 1.807) is 0 Å². The Morgan fingerprint density at radius 2 is 2.10 bits per heavy atom. The van der Waals surface area contributed by atoms with Crippen LogP contribution in [0, 0.1) is 6.92 Å². The lowest BCUT2D eigenvalue weighted by molar-refractivity contribution is 0.867. The second kappa shape index (κ2) is 7.29. The van der Waals surface area contributed by atoms with E-state index in [1.807, 2.05) is 6.92 Å². The summed E-state index contributed by atoms with van der Waals surface area (Å²) in [5.74, 6) is 1.64. The molecule has 3 N–H and O–H groups in total. The molecule has 1 saturated carbocycles. The van der Waals surface area contributed by atoms with E-state index in [4.69, 9.17) is 10.7 Å². The molecular weight excluding hydrogens is 377 g/mol. The third kappa shape index (κ3) is 4.46. The molecule has 2 heterocycles. The molecular formula is C15H24IN5. The van der Waals surface area contributed by atoms with Gasteiger partial charge in [-0.15, -0.1) is 24.0 Å². The van der Waals surface area contributed by atoms with Gasteiger partial charge >= 0.3 is 0 Å². The number of nitrogens with one attached hydrogen (secondary N) is 1. The molecule has 0 amide bonds. The minimum absolute atomic E-state index is 0. The zero-order valence-corrected chi connectivity index (χ0v) is 14.8.